The van der Waals surface area contributed by atoms with Crippen LogP contribution in [-0.2, 0) is 0 Å². The van der Waals surface area contributed by atoms with Crippen LogP contribution in [0.15, 0.2) is 36.0 Å². The molecule has 0 atom stereocenters. The van der Waals surface area contributed by atoms with Gasteiger partial charge in [-0.15, -0.1) is 12.3 Å². The number of halogens is 1. The number of rotatable bonds is 4. The van der Waals surface area contributed by atoms with Crippen LogP contribution < -0.4 is 16.0 Å². The maximum absolute atomic E-state index is 13.1. The molecule has 20 heavy (non-hydrogen) atoms. The van der Waals surface area contributed by atoms with Gasteiger partial charge in [0, 0.05) is 6.07 Å². The minimum Gasteiger partial charge on any atom is -0.436 e. The van der Waals surface area contributed by atoms with Crippen LogP contribution in [0.4, 0.5) is 10.1 Å². The van der Waals surface area contributed by atoms with Crippen molar-refractivity contribution in [3.8, 4) is 18.2 Å². The van der Waals surface area contributed by atoms with Crippen LogP contribution in [-0.4, -0.2) is 4.98 Å². The summed E-state index contributed by atoms with van der Waals surface area (Å²) >= 11 is 0. The molecule has 5 heteroatoms. The van der Waals surface area contributed by atoms with E-state index < -0.39 is 5.83 Å². The number of nitrogens with one attached hydrogen (secondary N) is 1. The Bertz CT molecular complexity index is 526. The predicted octanol–water partition coefficient (Wildman–Crippen LogP) is 3.47. The van der Waals surface area contributed by atoms with Crippen LogP contribution in [0.1, 0.15) is 26.3 Å². The first-order valence-corrected chi connectivity index (χ1v) is 5.97. The fraction of sp³-hybridized carbons (Fsp3) is 0.267. The van der Waals surface area contributed by atoms with Gasteiger partial charge in [0.15, 0.2) is 5.76 Å². The smallest absolute Gasteiger partial charge is 0.219 e. The molecule has 1 aromatic rings. The number of pyridine rings is 1. The van der Waals surface area contributed by atoms with Gasteiger partial charge in [0.2, 0.25) is 5.88 Å². The quantitative estimate of drug-likeness (QED) is 0.291. The summed E-state index contributed by atoms with van der Waals surface area (Å²) in [6.07, 6.45) is 9.37. The molecule has 0 aromatic carbocycles. The molecule has 0 saturated heterocycles. The lowest BCUT2D eigenvalue weighted by molar-refractivity contribution is 0.399. The van der Waals surface area contributed by atoms with Gasteiger partial charge in [-0.3, -0.25) is 5.84 Å². The molecule has 0 aliphatic heterocycles. The summed E-state index contributed by atoms with van der Waals surface area (Å²) in [7, 11) is 0. The third-order valence-corrected chi connectivity index (χ3v) is 2.11. The summed E-state index contributed by atoms with van der Waals surface area (Å²) in [6.45, 7) is 6.62. The van der Waals surface area contributed by atoms with E-state index >= 15 is 0 Å². The van der Waals surface area contributed by atoms with Crippen LogP contribution in [0.25, 0.3) is 0 Å². The normalized spacial score (nSPS) is 11.1. The van der Waals surface area contributed by atoms with E-state index in [1.54, 1.807) is 32.1 Å². The Labute approximate surface area is 119 Å². The number of anilines is 1. The minimum absolute atomic E-state index is 0.146. The predicted molar refractivity (Wildman–Crippen MR) is 80.5 cm³/mol. The highest BCUT2D eigenvalue weighted by Gasteiger charge is 2.05. The van der Waals surface area contributed by atoms with Gasteiger partial charge in [-0.1, -0.05) is 6.08 Å². The zero-order valence-corrected chi connectivity index (χ0v) is 12.2. The lowest BCUT2D eigenvalue weighted by Crippen LogP contribution is -2.08. The average Bonchev–Trinajstić information content (AvgIpc) is 2.39. The van der Waals surface area contributed by atoms with Gasteiger partial charge in [0.25, 0.3) is 0 Å². The number of aryl methyl sites for hydroxylation is 1. The van der Waals surface area contributed by atoms with Gasteiger partial charge in [0.05, 0.1) is 11.9 Å². The van der Waals surface area contributed by atoms with Gasteiger partial charge >= 0.3 is 0 Å². The molecule has 108 valence electrons. The van der Waals surface area contributed by atoms with Crippen molar-refractivity contribution in [2.24, 2.45) is 5.84 Å². The number of nitrogens with two attached hydrogens (primary N) is 1. The van der Waals surface area contributed by atoms with E-state index in [0.29, 0.717) is 11.6 Å². The third kappa shape index (κ3) is 6.03. The fourth-order valence-corrected chi connectivity index (χ4v) is 1.22. The standard InChI is InChI=1S/C12H16FN3O.C3H4/c1-4-5-11(9(3)13)17-12-6-8(2)10(16-14)7-15-12;1-3-2/h4-7,16H,14H2,1-3H3;1H,2H3/b5-4-,11-9-;. The van der Waals surface area contributed by atoms with Crippen LogP contribution >= 0.6 is 0 Å². The van der Waals surface area contributed by atoms with E-state index in [9.17, 15) is 4.39 Å². The second kappa shape index (κ2) is 9.59. The molecule has 4 nitrogen and oxygen atoms in total. The summed E-state index contributed by atoms with van der Waals surface area (Å²) in [4.78, 5) is 4.02. The van der Waals surface area contributed by atoms with Crippen molar-refractivity contribution in [2.45, 2.75) is 27.7 Å². The van der Waals surface area contributed by atoms with Gasteiger partial charge in [-0.05, 0) is 39.3 Å². The average molecular weight is 277 g/mol. The molecule has 0 radical (unpaired) electrons. The number of nitrogen functional groups attached to an aromatic ring is 1. The molecule has 0 saturated carbocycles. The lowest BCUT2D eigenvalue weighted by atomic mass is 10.2. The van der Waals surface area contributed by atoms with Crippen LogP contribution in [0.2, 0.25) is 0 Å². The highest BCUT2D eigenvalue weighted by atomic mass is 19.1. The molecule has 1 rings (SSSR count). The lowest BCUT2D eigenvalue weighted by Gasteiger charge is -2.09. The van der Waals surface area contributed by atoms with E-state index in [2.05, 4.69) is 22.8 Å². The third-order valence-electron chi connectivity index (χ3n) is 2.11. The van der Waals surface area contributed by atoms with Crippen molar-refractivity contribution in [2.75, 3.05) is 5.43 Å². The van der Waals surface area contributed by atoms with Crippen LogP contribution in [0.5, 0.6) is 5.88 Å². The summed E-state index contributed by atoms with van der Waals surface area (Å²) in [6, 6.07) is 1.68. The largest absolute Gasteiger partial charge is 0.436 e. The number of ether oxygens (including phenoxy) is 1. The number of hydrogen-bond donors (Lipinski definition) is 2. The number of nitrogens with zero attached hydrogens (tertiary/aromatic N) is 1. The Balaban J connectivity index is 0.00000110. The van der Waals surface area contributed by atoms with Crippen molar-refractivity contribution in [1.82, 2.24) is 4.98 Å². The first kappa shape index (κ1) is 17.7. The zero-order valence-electron chi connectivity index (χ0n) is 12.2. The molecular weight excluding hydrogens is 257 g/mol. The van der Waals surface area contributed by atoms with E-state index in [4.69, 9.17) is 10.6 Å². The fourth-order valence-electron chi connectivity index (χ4n) is 1.22. The Morgan fingerprint density at radius 1 is 1.60 bits per heavy atom. The minimum atomic E-state index is -0.399. The highest BCUT2D eigenvalue weighted by molar-refractivity contribution is 5.49. The molecule has 0 fully saturated rings. The molecule has 1 heterocycles. The summed E-state index contributed by atoms with van der Waals surface area (Å²) in [5.41, 5.74) is 4.07. The van der Waals surface area contributed by atoms with Crippen molar-refractivity contribution < 1.29 is 9.13 Å². The maximum atomic E-state index is 13.1. The molecule has 0 bridgehead atoms. The molecule has 0 aliphatic rings. The van der Waals surface area contributed by atoms with Crippen molar-refractivity contribution in [1.29, 1.82) is 0 Å². The second-order valence-corrected chi connectivity index (χ2v) is 3.77. The van der Waals surface area contributed by atoms with Gasteiger partial charge in [0.1, 0.15) is 5.83 Å². The van der Waals surface area contributed by atoms with E-state index in [0.717, 1.165) is 5.56 Å². The summed E-state index contributed by atoms with van der Waals surface area (Å²) in [5.74, 6) is 7.61. The first-order valence-electron chi connectivity index (χ1n) is 5.97. The first-order chi connectivity index (χ1) is 9.49. The Morgan fingerprint density at radius 2 is 2.20 bits per heavy atom. The molecular formula is C15H20FN3O. The zero-order chi connectivity index (χ0) is 15.5. The van der Waals surface area contributed by atoms with Gasteiger partial charge in [-0.25, -0.2) is 9.37 Å². The molecule has 0 spiro atoms. The van der Waals surface area contributed by atoms with E-state index in [-0.39, 0.29) is 5.76 Å². The van der Waals surface area contributed by atoms with Crippen LogP contribution in [0.3, 0.4) is 0 Å². The Kier molecular flexibility index (Phi) is 8.48. The molecule has 3 N–H and O–H groups in total. The van der Waals surface area contributed by atoms with Crippen molar-refractivity contribution in [3.05, 3.63) is 41.6 Å². The monoisotopic (exact) mass is 277 g/mol. The topological polar surface area (TPSA) is 60.2 Å². The van der Waals surface area contributed by atoms with Gasteiger partial charge in [-0.2, -0.15) is 0 Å². The highest BCUT2D eigenvalue weighted by Crippen LogP contribution is 2.20. The van der Waals surface area contributed by atoms with E-state index in [1.165, 1.54) is 13.1 Å². The van der Waals surface area contributed by atoms with Crippen molar-refractivity contribution >= 4 is 5.69 Å². The SMILES string of the molecule is C#CC.C/C=C\C(Oc1cc(C)c(NN)cn1)=C(/C)F. The number of aromatic nitrogens is 1. The summed E-state index contributed by atoms with van der Waals surface area (Å²) in [5, 5.41) is 0. The number of allylic oxidation sites excluding steroid dienone is 3. The Hall–Kier alpha value is -2.32. The second-order valence-electron chi connectivity index (χ2n) is 3.77. The number of terminal acetylenes is 1. The molecule has 1 aromatic heterocycles. The maximum Gasteiger partial charge on any atom is 0.219 e. The van der Waals surface area contributed by atoms with Crippen molar-refractivity contribution in [3.63, 3.8) is 0 Å². The van der Waals surface area contributed by atoms with Gasteiger partial charge < -0.3 is 10.2 Å². The molecule has 0 unspecified atom stereocenters. The number of hydrogen-bond acceptors (Lipinski definition) is 4. The van der Waals surface area contributed by atoms with Crippen LogP contribution in [0, 0.1) is 19.3 Å². The van der Waals surface area contributed by atoms with E-state index in [1.807, 2.05) is 6.92 Å². The Morgan fingerprint density at radius 3 is 2.60 bits per heavy atom. The summed E-state index contributed by atoms with van der Waals surface area (Å²) < 4.78 is 18.5. The number of hydrazine groups is 1. The molecule has 0 aliphatic carbocycles. The molecule has 0 amide bonds.